The predicted molar refractivity (Wildman–Crippen MR) is 101 cm³/mol. The summed E-state index contributed by atoms with van der Waals surface area (Å²) in [4.78, 5) is 26.7. The van der Waals surface area contributed by atoms with Crippen LogP contribution in [-0.4, -0.2) is 73.6 Å². The first-order valence-electron chi connectivity index (χ1n) is 8.94. The molecule has 1 aromatic carbocycles. The monoisotopic (exact) mass is 398 g/mol. The van der Waals surface area contributed by atoms with Gasteiger partial charge in [0.25, 0.3) is 5.91 Å². The third-order valence-electron chi connectivity index (χ3n) is 4.48. The molecule has 0 bridgehead atoms. The van der Waals surface area contributed by atoms with E-state index in [4.69, 9.17) is 9.84 Å². The summed E-state index contributed by atoms with van der Waals surface area (Å²) in [5.74, 6) is -1.05. The van der Waals surface area contributed by atoms with Crippen LogP contribution in [-0.2, 0) is 19.4 Å². The molecule has 1 fully saturated rings. The number of aliphatic hydroxyl groups excluding tert-OH is 1. The first-order chi connectivity index (χ1) is 12.8. The molecular formula is C18H26N2O6S. The van der Waals surface area contributed by atoms with Crippen molar-refractivity contribution in [1.82, 2.24) is 4.90 Å². The maximum absolute atomic E-state index is 12.7. The molecule has 2 N–H and O–H groups in total. The highest BCUT2D eigenvalue weighted by molar-refractivity contribution is 7.91. The number of likely N-dealkylation sites (N-methyl/N-ethyl adjacent to an activating group) is 1. The molecule has 1 aromatic rings. The number of hydrogen-bond donors (Lipinski definition) is 2. The lowest BCUT2D eigenvalue weighted by atomic mass is 10.1. The van der Waals surface area contributed by atoms with Gasteiger partial charge in [0.2, 0.25) is 0 Å². The molecule has 1 heterocycles. The number of nitrogens with one attached hydrogen (secondary N) is 1. The number of hydrogen-bond acceptors (Lipinski definition) is 7. The summed E-state index contributed by atoms with van der Waals surface area (Å²) in [6, 6.07) is 6.28. The zero-order valence-corrected chi connectivity index (χ0v) is 16.4. The summed E-state index contributed by atoms with van der Waals surface area (Å²) >= 11 is 0. The van der Waals surface area contributed by atoms with E-state index in [0.717, 1.165) is 0 Å². The largest absolute Gasteiger partial charge is 0.449 e. The molecule has 1 aliphatic heterocycles. The van der Waals surface area contributed by atoms with E-state index >= 15 is 0 Å². The molecular weight excluding hydrogens is 372 g/mol. The van der Waals surface area contributed by atoms with Crippen LogP contribution < -0.4 is 5.32 Å². The summed E-state index contributed by atoms with van der Waals surface area (Å²) < 4.78 is 28.7. The lowest BCUT2D eigenvalue weighted by Gasteiger charge is -2.29. The molecule has 9 heteroatoms. The molecule has 0 saturated carbocycles. The molecule has 27 heavy (non-hydrogen) atoms. The molecule has 0 aliphatic carbocycles. The molecule has 8 nitrogen and oxygen atoms in total. The van der Waals surface area contributed by atoms with E-state index in [1.165, 1.54) is 11.8 Å². The van der Waals surface area contributed by atoms with Crippen molar-refractivity contribution < 1.29 is 27.9 Å². The van der Waals surface area contributed by atoms with Gasteiger partial charge in [-0.3, -0.25) is 4.79 Å². The molecule has 0 aromatic heterocycles. The first kappa shape index (κ1) is 21.2. The van der Waals surface area contributed by atoms with Crippen LogP contribution in [0.2, 0.25) is 0 Å². The van der Waals surface area contributed by atoms with Gasteiger partial charge in [-0.1, -0.05) is 12.1 Å². The van der Waals surface area contributed by atoms with Crippen molar-refractivity contribution in [3.8, 4) is 0 Å². The topological polar surface area (TPSA) is 113 Å². The Labute approximate surface area is 159 Å². The van der Waals surface area contributed by atoms with E-state index < -0.39 is 27.8 Å². The van der Waals surface area contributed by atoms with Crippen LogP contribution >= 0.6 is 0 Å². The fourth-order valence-electron chi connectivity index (χ4n) is 3.13. The molecule has 2 atom stereocenters. The van der Waals surface area contributed by atoms with Crippen molar-refractivity contribution in [2.45, 2.75) is 32.4 Å². The first-order valence-corrected chi connectivity index (χ1v) is 10.8. The number of esters is 1. The van der Waals surface area contributed by atoms with Gasteiger partial charge in [0.1, 0.15) is 0 Å². The maximum atomic E-state index is 12.7. The Balaban J connectivity index is 2.06. The zero-order chi connectivity index (χ0) is 20.0. The molecule has 1 aliphatic rings. The molecule has 150 valence electrons. The van der Waals surface area contributed by atoms with Crippen LogP contribution in [0.3, 0.4) is 0 Å². The van der Waals surface area contributed by atoms with Gasteiger partial charge in [-0.2, -0.15) is 0 Å². The molecule has 0 unspecified atom stereocenters. The van der Waals surface area contributed by atoms with Gasteiger partial charge in [0.05, 0.1) is 23.7 Å². The van der Waals surface area contributed by atoms with E-state index in [9.17, 15) is 18.0 Å². The van der Waals surface area contributed by atoms with Crippen LogP contribution in [0, 0.1) is 0 Å². The van der Waals surface area contributed by atoms with Crippen molar-refractivity contribution in [3.63, 3.8) is 0 Å². The number of carbonyl (C=O) groups excluding carboxylic acids is 2. The van der Waals surface area contributed by atoms with Crippen LogP contribution in [0.5, 0.6) is 0 Å². The van der Waals surface area contributed by atoms with Crippen molar-refractivity contribution in [2.24, 2.45) is 0 Å². The second-order valence-corrected chi connectivity index (χ2v) is 8.65. The smallest absolute Gasteiger partial charge is 0.341 e. The number of para-hydroxylation sites is 1. The summed E-state index contributed by atoms with van der Waals surface area (Å²) in [6.07, 6.45) is -0.636. The second kappa shape index (κ2) is 9.18. The SMILES string of the molecule is CCN(C(=O)[C@@H](C)OC(=O)c1ccccc1NCCO)[C@@H]1CCS(=O)(=O)C1. The third kappa shape index (κ3) is 5.43. The average Bonchev–Trinajstić information content (AvgIpc) is 3.00. The van der Waals surface area contributed by atoms with Gasteiger partial charge in [-0.15, -0.1) is 0 Å². The second-order valence-electron chi connectivity index (χ2n) is 6.42. The quantitative estimate of drug-likeness (QED) is 0.619. The molecule has 1 amide bonds. The highest BCUT2D eigenvalue weighted by Gasteiger charge is 2.36. The average molecular weight is 398 g/mol. The van der Waals surface area contributed by atoms with Crippen molar-refractivity contribution in [3.05, 3.63) is 29.8 Å². The van der Waals surface area contributed by atoms with Gasteiger partial charge in [0.15, 0.2) is 15.9 Å². The van der Waals surface area contributed by atoms with E-state index in [-0.39, 0.29) is 36.3 Å². The lowest BCUT2D eigenvalue weighted by molar-refractivity contribution is -0.141. The molecule has 0 radical (unpaired) electrons. The summed E-state index contributed by atoms with van der Waals surface area (Å²) in [7, 11) is -3.12. The Bertz CT molecular complexity index is 780. The third-order valence-corrected chi connectivity index (χ3v) is 6.23. The van der Waals surface area contributed by atoms with Gasteiger partial charge < -0.3 is 20.1 Å². The van der Waals surface area contributed by atoms with Gasteiger partial charge in [0, 0.05) is 24.8 Å². The molecule has 2 rings (SSSR count). The number of nitrogens with zero attached hydrogens (tertiary/aromatic N) is 1. The predicted octanol–water partition coefficient (Wildman–Crippen LogP) is 0.672. The van der Waals surface area contributed by atoms with Gasteiger partial charge in [-0.25, -0.2) is 13.2 Å². The zero-order valence-electron chi connectivity index (χ0n) is 15.6. The number of anilines is 1. The Morgan fingerprint density at radius 2 is 2.07 bits per heavy atom. The minimum Gasteiger partial charge on any atom is -0.449 e. The molecule has 1 saturated heterocycles. The summed E-state index contributed by atoms with van der Waals surface area (Å²) in [5.41, 5.74) is 0.766. The number of carbonyl (C=O) groups is 2. The fraction of sp³-hybridized carbons (Fsp3) is 0.556. The Morgan fingerprint density at radius 3 is 2.67 bits per heavy atom. The number of sulfone groups is 1. The number of amides is 1. The highest BCUT2D eigenvalue weighted by Crippen LogP contribution is 2.20. The van der Waals surface area contributed by atoms with Crippen LogP contribution in [0.1, 0.15) is 30.6 Å². The maximum Gasteiger partial charge on any atom is 0.341 e. The Morgan fingerprint density at radius 1 is 1.37 bits per heavy atom. The minimum atomic E-state index is -3.12. The van der Waals surface area contributed by atoms with Gasteiger partial charge in [-0.05, 0) is 32.4 Å². The van der Waals surface area contributed by atoms with Crippen LogP contribution in [0.4, 0.5) is 5.69 Å². The van der Waals surface area contributed by atoms with E-state index in [1.54, 1.807) is 31.2 Å². The standard InChI is InChI=1S/C18H26N2O6S/c1-3-20(14-8-11-27(24,25)12-14)17(22)13(2)26-18(23)15-6-4-5-7-16(15)19-9-10-21/h4-7,13-14,19,21H,3,8-12H2,1-2H3/t13-,14-/m1/s1. The number of aliphatic hydroxyl groups is 1. The highest BCUT2D eigenvalue weighted by atomic mass is 32.2. The lowest BCUT2D eigenvalue weighted by Crippen LogP contribution is -2.46. The number of rotatable bonds is 8. The van der Waals surface area contributed by atoms with Crippen molar-refractivity contribution in [2.75, 3.05) is 36.5 Å². The van der Waals surface area contributed by atoms with E-state index in [0.29, 0.717) is 18.7 Å². The van der Waals surface area contributed by atoms with E-state index in [1.807, 2.05) is 0 Å². The normalized spacial score (nSPS) is 19.3. The van der Waals surface area contributed by atoms with Gasteiger partial charge >= 0.3 is 5.97 Å². The van der Waals surface area contributed by atoms with E-state index in [2.05, 4.69) is 5.32 Å². The number of ether oxygens (including phenoxy) is 1. The fourth-order valence-corrected chi connectivity index (χ4v) is 4.86. The Kier molecular flexibility index (Phi) is 7.20. The summed E-state index contributed by atoms with van der Waals surface area (Å²) in [6.45, 7) is 3.78. The Hall–Kier alpha value is -2.13. The van der Waals surface area contributed by atoms with Crippen LogP contribution in [0.15, 0.2) is 24.3 Å². The minimum absolute atomic E-state index is 0.0544. The van der Waals surface area contributed by atoms with Crippen molar-refractivity contribution >= 4 is 27.4 Å². The number of benzene rings is 1. The van der Waals surface area contributed by atoms with Crippen molar-refractivity contribution in [1.29, 1.82) is 0 Å². The summed E-state index contributed by atoms with van der Waals surface area (Å²) in [5, 5.41) is 11.9. The molecule has 0 spiro atoms. The van der Waals surface area contributed by atoms with Crippen LogP contribution in [0.25, 0.3) is 0 Å².